The highest BCUT2D eigenvalue weighted by atomic mass is 16.6. The number of hydrogen-bond donors (Lipinski definition) is 2. The van der Waals surface area contributed by atoms with Crippen molar-refractivity contribution in [2.75, 3.05) is 13.2 Å². The molecule has 0 amide bonds. The first-order chi connectivity index (χ1) is 8.57. The zero-order valence-electron chi connectivity index (χ0n) is 10.2. The first kappa shape index (κ1) is 14.4. The van der Waals surface area contributed by atoms with E-state index in [1.807, 2.05) is 32.1 Å². The minimum Gasteiger partial charge on any atom is -0.388 e. The van der Waals surface area contributed by atoms with Gasteiger partial charge in [0.15, 0.2) is 0 Å². The van der Waals surface area contributed by atoms with Crippen molar-refractivity contribution >= 4 is 13.9 Å². The zero-order chi connectivity index (χ0) is 13.6. The third-order valence-corrected chi connectivity index (χ3v) is 2.89. The van der Waals surface area contributed by atoms with Crippen LogP contribution in [0.15, 0.2) is 30.3 Å². The van der Waals surface area contributed by atoms with Crippen LogP contribution in [0.5, 0.6) is 0 Å². The molecule has 18 heavy (non-hydrogen) atoms. The first-order valence-corrected chi connectivity index (χ1v) is 5.72. The Morgan fingerprint density at radius 2 is 1.83 bits per heavy atom. The lowest BCUT2D eigenvalue weighted by Gasteiger charge is -2.16. The van der Waals surface area contributed by atoms with E-state index in [9.17, 15) is 10.1 Å². The normalized spacial score (nSPS) is 11.9. The monoisotopic (exact) mass is 249 g/mol. The summed E-state index contributed by atoms with van der Waals surface area (Å²) in [5, 5.41) is 28.9. The molecule has 0 heterocycles. The fourth-order valence-electron chi connectivity index (χ4n) is 1.45. The topological polar surface area (TPSA) is 83.6 Å². The van der Waals surface area contributed by atoms with Gasteiger partial charge in [-0.25, -0.2) is 0 Å². The third kappa shape index (κ3) is 3.18. The third-order valence-electron chi connectivity index (χ3n) is 2.89. The van der Waals surface area contributed by atoms with Gasteiger partial charge in [-0.3, -0.25) is 10.1 Å². The van der Waals surface area contributed by atoms with Crippen molar-refractivity contribution in [3.63, 3.8) is 0 Å². The molecule has 2 N–H and O–H groups in total. The van der Waals surface area contributed by atoms with Crippen molar-refractivity contribution in [1.29, 1.82) is 0 Å². The number of nitro groups is 1. The van der Waals surface area contributed by atoms with Crippen LogP contribution in [0.25, 0.3) is 6.08 Å². The predicted octanol–water partition coefficient (Wildman–Crippen LogP) is -0.167. The summed E-state index contributed by atoms with van der Waals surface area (Å²) in [4.78, 5) is 10.2. The zero-order valence-corrected chi connectivity index (χ0v) is 10.2. The second kappa shape index (κ2) is 6.32. The molecule has 1 aromatic carbocycles. The van der Waals surface area contributed by atoms with Crippen LogP contribution in [-0.4, -0.2) is 41.7 Å². The maximum absolute atomic E-state index is 10.8. The SMILES string of the molecule is BCc1ccc(/C=C/C(CO)(CO)[N+](=O)[O-])cc1. The van der Waals surface area contributed by atoms with Gasteiger partial charge >= 0.3 is 0 Å². The van der Waals surface area contributed by atoms with Crippen LogP contribution in [-0.2, 0) is 6.32 Å². The Bertz CT molecular complexity index is 426. The summed E-state index contributed by atoms with van der Waals surface area (Å²) in [6, 6.07) is 7.56. The van der Waals surface area contributed by atoms with Crippen LogP contribution in [0, 0.1) is 10.1 Å². The quantitative estimate of drug-likeness (QED) is 0.416. The molecule has 0 spiro atoms. The highest BCUT2D eigenvalue weighted by Gasteiger charge is 2.38. The molecule has 1 aromatic rings. The molecule has 0 saturated heterocycles. The van der Waals surface area contributed by atoms with Gasteiger partial charge in [-0.1, -0.05) is 42.2 Å². The van der Waals surface area contributed by atoms with Crippen molar-refractivity contribution < 1.29 is 15.1 Å². The summed E-state index contributed by atoms with van der Waals surface area (Å²) >= 11 is 0. The van der Waals surface area contributed by atoms with E-state index in [1.165, 1.54) is 17.7 Å². The van der Waals surface area contributed by atoms with E-state index >= 15 is 0 Å². The van der Waals surface area contributed by atoms with Crippen molar-refractivity contribution in [3.05, 3.63) is 51.6 Å². The number of rotatable bonds is 6. The Hall–Kier alpha value is -1.66. The molecule has 1 rings (SSSR count). The minimum absolute atomic E-state index is 0.677. The molecule has 6 heteroatoms. The number of hydrogen-bond acceptors (Lipinski definition) is 4. The number of aliphatic hydroxyl groups excluding tert-OH is 2. The van der Waals surface area contributed by atoms with Gasteiger partial charge in [0.05, 0.1) is 0 Å². The van der Waals surface area contributed by atoms with Gasteiger partial charge in [0.1, 0.15) is 21.1 Å². The summed E-state index contributed by atoms with van der Waals surface area (Å²) in [5.74, 6) is 0. The van der Waals surface area contributed by atoms with E-state index in [-0.39, 0.29) is 0 Å². The molecule has 96 valence electrons. The molecular weight excluding hydrogens is 233 g/mol. The van der Waals surface area contributed by atoms with Gasteiger partial charge in [0.25, 0.3) is 5.54 Å². The summed E-state index contributed by atoms with van der Waals surface area (Å²) < 4.78 is 0. The fraction of sp³-hybridized carbons (Fsp3) is 0.333. The lowest BCUT2D eigenvalue weighted by Crippen LogP contribution is -2.43. The summed E-state index contributed by atoms with van der Waals surface area (Å²) in [6.07, 6.45) is 3.69. The van der Waals surface area contributed by atoms with Crippen molar-refractivity contribution in [2.45, 2.75) is 11.9 Å². The van der Waals surface area contributed by atoms with Gasteiger partial charge in [-0.15, -0.1) is 0 Å². The average Bonchev–Trinajstić information content (AvgIpc) is 2.41. The largest absolute Gasteiger partial charge is 0.388 e. The molecule has 0 aliphatic rings. The van der Waals surface area contributed by atoms with Crippen LogP contribution >= 0.6 is 0 Å². The standard InChI is InChI=1S/C12H16BNO4/c13-7-11-3-1-10(2-4-11)5-6-12(8-15,9-16)14(17)18/h1-6,15-16H,7-9,13H2/b6-5+. The summed E-state index contributed by atoms with van der Waals surface area (Å²) in [6.45, 7) is -1.47. The van der Waals surface area contributed by atoms with Gasteiger partial charge in [-0.05, 0) is 11.6 Å². The molecule has 0 aromatic heterocycles. The second-order valence-corrected chi connectivity index (χ2v) is 4.11. The van der Waals surface area contributed by atoms with E-state index in [0.29, 0.717) is 0 Å². The smallest absolute Gasteiger partial charge is 0.285 e. The molecule has 0 saturated carbocycles. The molecule has 0 fully saturated rings. The van der Waals surface area contributed by atoms with Crippen LogP contribution in [0.2, 0.25) is 0 Å². The van der Waals surface area contributed by atoms with Crippen molar-refractivity contribution in [3.8, 4) is 0 Å². The van der Waals surface area contributed by atoms with E-state index in [0.717, 1.165) is 11.9 Å². The summed E-state index contributed by atoms with van der Waals surface area (Å²) in [7, 11) is 2.04. The number of nitrogens with zero attached hydrogens (tertiary/aromatic N) is 1. The highest BCUT2D eigenvalue weighted by Crippen LogP contribution is 2.14. The molecule has 0 atom stereocenters. The maximum Gasteiger partial charge on any atom is 0.285 e. The Kier molecular flexibility index (Phi) is 5.06. The molecule has 0 bridgehead atoms. The lowest BCUT2D eigenvalue weighted by atomic mass is 9.95. The Labute approximate surface area is 106 Å². The van der Waals surface area contributed by atoms with Crippen LogP contribution < -0.4 is 0 Å². The molecule has 0 aliphatic heterocycles. The number of aliphatic hydroxyl groups is 2. The van der Waals surface area contributed by atoms with Crippen molar-refractivity contribution in [1.82, 2.24) is 0 Å². The lowest BCUT2D eigenvalue weighted by molar-refractivity contribution is -0.561. The van der Waals surface area contributed by atoms with Crippen LogP contribution in [0.3, 0.4) is 0 Å². The van der Waals surface area contributed by atoms with Gasteiger partial charge in [-0.2, -0.15) is 0 Å². The fourth-order valence-corrected chi connectivity index (χ4v) is 1.45. The Morgan fingerprint density at radius 3 is 2.22 bits per heavy atom. The van der Waals surface area contributed by atoms with Gasteiger partial charge in [0, 0.05) is 4.92 Å². The van der Waals surface area contributed by atoms with Gasteiger partial charge in [0.2, 0.25) is 0 Å². The Morgan fingerprint density at radius 1 is 1.28 bits per heavy atom. The van der Waals surface area contributed by atoms with E-state index in [1.54, 1.807) is 0 Å². The first-order valence-electron chi connectivity index (χ1n) is 5.72. The van der Waals surface area contributed by atoms with Crippen LogP contribution in [0.4, 0.5) is 0 Å². The molecule has 0 radical (unpaired) electrons. The maximum atomic E-state index is 10.8. The van der Waals surface area contributed by atoms with Crippen molar-refractivity contribution in [2.24, 2.45) is 0 Å². The van der Waals surface area contributed by atoms with E-state index < -0.39 is 23.7 Å². The van der Waals surface area contributed by atoms with Gasteiger partial charge < -0.3 is 10.2 Å². The molecule has 5 nitrogen and oxygen atoms in total. The molecule has 0 aliphatic carbocycles. The minimum atomic E-state index is -1.82. The number of benzene rings is 1. The second-order valence-electron chi connectivity index (χ2n) is 4.11. The average molecular weight is 249 g/mol. The highest BCUT2D eigenvalue weighted by molar-refractivity contribution is 6.08. The van der Waals surface area contributed by atoms with Crippen LogP contribution in [0.1, 0.15) is 11.1 Å². The summed E-state index contributed by atoms with van der Waals surface area (Å²) in [5.41, 5.74) is 0.154. The molecular formula is C12H16BNO4. The molecule has 0 unspecified atom stereocenters. The van der Waals surface area contributed by atoms with E-state index in [2.05, 4.69) is 0 Å². The van der Waals surface area contributed by atoms with E-state index in [4.69, 9.17) is 10.2 Å². The Balaban J connectivity index is 2.92. The predicted molar refractivity (Wildman–Crippen MR) is 71.6 cm³/mol.